The van der Waals surface area contributed by atoms with E-state index in [2.05, 4.69) is 26.1 Å². The molecule has 0 heterocycles. The summed E-state index contributed by atoms with van der Waals surface area (Å²) in [6.45, 7) is 8.10. The van der Waals surface area contributed by atoms with Gasteiger partial charge in [0.2, 0.25) is 0 Å². The van der Waals surface area contributed by atoms with E-state index in [0.717, 1.165) is 6.04 Å². The smallest absolute Gasteiger partial charge is 0.00387 e. The monoisotopic (exact) mass is 283 g/mol. The molecule has 122 valence electrons. The fourth-order valence-electron chi connectivity index (χ4n) is 2.74. The largest absolute Gasteiger partial charge is 0.314 e. The predicted octanol–water partition coefficient (Wildman–Crippen LogP) is 6.47. The molecule has 0 fully saturated rings. The van der Waals surface area contributed by atoms with Crippen LogP contribution in [0.3, 0.4) is 0 Å². The Kier molecular flexibility index (Phi) is 17.0. The Morgan fingerprint density at radius 2 is 1.05 bits per heavy atom. The molecule has 0 saturated carbocycles. The van der Waals surface area contributed by atoms with E-state index in [1.165, 1.54) is 96.4 Å². The van der Waals surface area contributed by atoms with E-state index in [1.54, 1.807) is 0 Å². The maximum absolute atomic E-state index is 3.62. The topological polar surface area (TPSA) is 12.0 Å². The van der Waals surface area contributed by atoms with Crippen molar-refractivity contribution in [2.45, 2.75) is 117 Å². The summed E-state index contributed by atoms with van der Waals surface area (Å²) in [5.41, 5.74) is 0. The van der Waals surface area contributed by atoms with Gasteiger partial charge in [-0.05, 0) is 26.3 Å². The quantitative estimate of drug-likeness (QED) is 0.320. The van der Waals surface area contributed by atoms with Crippen LogP contribution in [-0.2, 0) is 0 Å². The van der Waals surface area contributed by atoms with Crippen LogP contribution in [0.15, 0.2) is 0 Å². The third-order valence-electron chi connectivity index (χ3n) is 4.26. The summed E-state index contributed by atoms with van der Waals surface area (Å²) in [5, 5.41) is 3.62. The molecule has 20 heavy (non-hydrogen) atoms. The van der Waals surface area contributed by atoms with E-state index in [0.29, 0.717) is 0 Å². The van der Waals surface area contributed by atoms with Crippen LogP contribution >= 0.6 is 0 Å². The van der Waals surface area contributed by atoms with Crippen molar-refractivity contribution in [2.24, 2.45) is 0 Å². The van der Waals surface area contributed by atoms with Gasteiger partial charge in [-0.25, -0.2) is 0 Å². The molecule has 1 atom stereocenters. The Labute approximate surface area is 129 Å². The van der Waals surface area contributed by atoms with E-state index >= 15 is 0 Å². The maximum Gasteiger partial charge on any atom is 0.00387 e. The Balaban J connectivity index is 3.05. The van der Waals surface area contributed by atoms with Crippen LogP contribution in [0.5, 0.6) is 0 Å². The Bertz CT molecular complexity index is 167. The number of nitrogens with one attached hydrogen (secondary N) is 1. The minimum atomic E-state index is 0.722. The molecule has 0 bridgehead atoms. The number of hydrogen-bond donors (Lipinski definition) is 1. The molecule has 0 amide bonds. The molecule has 0 radical (unpaired) electrons. The molecule has 0 aromatic carbocycles. The summed E-state index contributed by atoms with van der Waals surface area (Å²) in [7, 11) is 0. The van der Waals surface area contributed by atoms with Crippen molar-refractivity contribution in [1.29, 1.82) is 0 Å². The standard InChI is InChI=1S/C19H41N/c1-4-6-8-9-10-11-12-13-14-15-16-17-19(3)20-18-7-5-2/h19-20H,4-18H2,1-3H3. The highest BCUT2D eigenvalue weighted by molar-refractivity contribution is 4.60. The van der Waals surface area contributed by atoms with Gasteiger partial charge in [0.05, 0.1) is 0 Å². The average Bonchev–Trinajstić information content (AvgIpc) is 2.45. The first-order valence-electron chi connectivity index (χ1n) is 9.54. The number of rotatable bonds is 16. The highest BCUT2D eigenvalue weighted by Crippen LogP contribution is 2.12. The van der Waals surface area contributed by atoms with Gasteiger partial charge in [-0.1, -0.05) is 90.9 Å². The Hall–Kier alpha value is -0.0400. The molecule has 1 heteroatoms. The fourth-order valence-corrected chi connectivity index (χ4v) is 2.74. The molecule has 1 N–H and O–H groups in total. The Morgan fingerprint density at radius 1 is 0.600 bits per heavy atom. The second-order valence-corrected chi connectivity index (χ2v) is 6.53. The first kappa shape index (κ1) is 20.0. The van der Waals surface area contributed by atoms with E-state index < -0.39 is 0 Å². The molecule has 0 rings (SSSR count). The second kappa shape index (κ2) is 17.0. The lowest BCUT2D eigenvalue weighted by Gasteiger charge is -2.13. The van der Waals surface area contributed by atoms with Crippen molar-refractivity contribution >= 4 is 0 Å². The summed E-state index contributed by atoms with van der Waals surface area (Å²) in [6.07, 6.45) is 19.9. The van der Waals surface area contributed by atoms with Gasteiger partial charge in [0.25, 0.3) is 0 Å². The van der Waals surface area contributed by atoms with Gasteiger partial charge in [0.15, 0.2) is 0 Å². The molecule has 0 saturated heterocycles. The van der Waals surface area contributed by atoms with Crippen LogP contribution < -0.4 is 5.32 Å². The van der Waals surface area contributed by atoms with Crippen molar-refractivity contribution < 1.29 is 0 Å². The van der Waals surface area contributed by atoms with E-state index in [-0.39, 0.29) is 0 Å². The van der Waals surface area contributed by atoms with Crippen molar-refractivity contribution in [3.8, 4) is 0 Å². The molecule has 0 spiro atoms. The zero-order chi connectivity index (χ0) is 14.9. The molecule has 1 unspecified atom stereocenters. The average molecular weight is 284 g/mol. The number of hydrogen-bond acceptors (Lipinski definition) is 1. The van der Waals surface area contributed by atoms with Crippen LogP contribution in [0.4, 0.5) is 0 Å². The zero-order valence-electron chi connectivity index (χ0n) is 14.7. The van der Waals surface area contributed by atoms with Gasteiger partial charge in [0, 0.05) is 6.04 Å². The first-order chi connectivity index (χ1) is 9.81. The van der Waals surface area contributed by atoms with Gasteiger partial charge >= 0.3 is 0 Å². The van der Waals surface area contributed by atoms with E-state index in [9.17, 15) is 0 Å². The van der Waals surface area contributed by atoms with Crippen LogP contribution in [0, 0.1) is 0 Å². The molecular formula is C19H41N. The summed E-state index contributed by atoms with van der Waals surface area (Å²) in [5.74, 6) is 0. The van der Waals surface area contributed by atoms with Crippen molar-refractivity contribution in [1.82, 2.24) is 5.32 Å². The third-order valence-corrected chi connectivity index (χ3v) is 4.26. The van der Waals surface area contributed by atoms with Gasteiger partial charge in [-0.2, -0.15) is 0 Å². The summed E-state index contributed by atoms with van der Waals surface area (Å²) < 4.78 is 0. The van der Waals surface area contributed by atoms with Crippen molar-refractivity contribution in [3.05, 3.63) is 0 Å². The summed E-state index contributed by atoms with van der Waals surface area (Å²) in [4.78, 5) is 0. The number of unbranched alkanes of at least 4 members (excludes halogenated alkanes) is 11. The van der Waals surface area contributed by atoms with E-state index in [4.69, 9.17) is 0 Å². The molecular weight excluding hydrogens is 242 g/mol. The summed E-state index contributed by atoms with van der Waals surface area (Å²) >= 11 is 0. The van der Waals surface area contributed by atoms with Gasteiger partial charge in [-0.15, -0.1) is 0 Å². The zero-order valence-corrected chi connectivity index (χ0v) is 14.7. The highest BCUT2D eigenvalue weighted by Gasteiger charge is 2.00. The first-order valence-corrected chi connectivity index (χ1v) is 9.54. The Morgan fingerprint density at radius 3 is 1.55 bits per heavy atom. The van der Waals surface area contributed by atoms with Gasteiger partial charge in [-0.3, -0.25) is 0 Å². The van der Waals surface area contributed by atoms with Crippen LogP contribution in [0.2, 0.25) is 0 Å². The predicted molar refractivity (Wildman–Crippen MR) is 93.5 cm³/mol. The lowest BCUT2D eigenvalue weighted by atomic mass is 10.0. The fraction of sp³-hybridized carbons (Fsp3) is 1.00. The SMILES string of the molecule is CCCCCCCCCCCCCC(C)NCCCC. The van der Waals surface area contributed by atoms with Crippen LogP contribution in [-0.4, -0.2) is 12.6 Å². The molecule has 0 aromatic rings. The highest BCUT2D eigenvalue weighted by atomic mass is 14.9. The molecule has 0 aliphatic heterocycles. The molecule has 0 aliphatic rings. The minimum Gasteiger partial charge on any atom is -0.314 e. The minimum absolute atomic E-state index is 0.722. The maximum atomic E-state index is 3.62. The van der Waals surface area contributed by atoms with Gasteiger partial charge in [0.1, 0.15) is 0 Å². The van der Waals surface area contributed by atoms with Crippen molar-refractivity contribution in [3.63, 3.8) is 0 Å². The second-order valence-electron chi connectivity index (χ2n) is 6.53. The summed E-state index contributed by atoms with van der Waals surface area (Å²) in [6, 6.07) is 0.722. The molecule has 1 nitrogen and oxygen atoms in total. The lowest BCUT2D eigenvalue weighted by molar-refractivity contribution is 0.470. The van der Waals surface area contributed by atoms with E-state index in [1.807, 2.05) is 0 Å². The van der Waals surface area contributed by atoms with Crippen LogP contribution in [0.25, 0.3) is 0 Å². The van der Waals surface area contributed by atoms with Crippen LogP contribution in [0.1, 0.15) is 111 Å². The lowest BCUT2D eigenvalue weighted by Crippen LogP contribution is -2.26. The van der Waals surface area contributed by atoms with Gasteiger partial charge < -0.3 is 5.32 Å². The normalized spacial score (nSPS) is 12.8. The van der Waals surface area contributed by atoms with Crippen molar-refractivity contribution in [2.75, 3.05) is 6.54 Å². The molecule has 0 aromatic heterocycles. The molecule has 0 aliphatic carbocycles. The third kappa shape index (κ3) is 16.0.